The Morgan fingerprint density at radius 3 is 2.60 bits per heavy atom. The van der Waals surface area contributed by atoms with Crippen LogP contribution in [0.3, 0.4) is 0 Å². The minimum atomic E-state index is -0.282. The number of primary amides is 1. The van der Waals surface area contributed by atoms with Crippen molar-refractivity contribution in [3.8, 4) is 6.07 Å². The van der Waals surface area contributed by atoms with Crippen LogP contribution < -0.4 is 5.73 Å². The summed E-state index contributed by atoms with van der Waals surface area (Å²) in [5.41, 5.74) is 4.84. The molecule has 1 amide bonds. The lowest BCUT2D eigenvalue weighted by atomic mass is 10.0. The fraction of sp³-hybridized carbons (Fsp3) is 0.714. The van der Waals surface area contributed by atoms with Crippen molar-refractivity contribution in [1.29, 1.82) is 5.26 Å². The van der Waals surface area contributed by atoms with Crippen LogP contribution in [0.5, 0.6) is 0 Å². The molecule has 0 aromatic rings. The average Bonchev–Trinajstić information content (AvgIpc) is 2.64. The summed E-state index contributed by atoms with van der Waals surface area (Å²) in [5.74, 6) is -0.234. The first kappa shape index (κ1) is 7.07. The van der Waals surface area contributed by atoms with E-state index in [1.165, 1.54) is 0 Å². The Kier molecular flexibility index (Phi) is 1.62. The van der Waals surface area contributed by atoms with Crippen molar-refractivity contribution in [3.63, 3.8) is 0 Å². The first-order valence-electron chi connectivity index (χ1n) is 3.38. The highest BCUT2D eigenvalue weighted by atomic mass is 16.1. The van der Waals surface area contributed by atoms with Crippen LogP contribution in [0.4, 0.5) is 0 Å². The number of hydrogen-bond acceptors (Lipinski definition) is 2. The minimum Gasteiger partial charge on any atom is -0.369 e. The first-order valence-corrected chi connectivity index (χ1v) is 3.38. The molecule has 3 heteroatoms. The van der Waals surface area contributed by atoms with Gasteiger partial charge in [-0.25, -0.2) is 0 Å². The number of hydrogen-bond donors (Lipinski definition) is 1. The molecule has 0 heterocycles. The summed E-state index contributed by atoms with van der Waals surface area (Å²) in [5, 5.41) is 8.24. The van der Waals surface area contributed by atoms with E-state index in [0.29, 0.717) is 12.8 Å². The second-order valence-electron chi connectivity index (χ2n) is 2.80. The van der Waals surface area contributed by atoms with Crippen molar-refractivity contribution in [2.75, 3.05) is 0 Å². The van der Waals surface area contributed by atoms with Crippen molar-refractivity contribution < 1.29 is 4.79 Å². The fourth-order valence-electron chi connectivity index (χ4n) is 1.07. The minimum absolute atomic E-state index is 0.234. The molecule has 0 spiro atoms. The van der Waals surface area contributed by atoms with Gasteiger partial charge in [-0.2, -0.15) is 5.26 Å². The van der Waals surface area contributed by atoms with E-state index in [1.54, 1.807) is 0 Å². The highest BCUT2D eigenvalue weighted by molar-refractivity contribution is 5.83. The fourth-order valence-corrected chi connectivity index (χ4v) is 1.07. The van der Waals surface area contributed by atoms with Crippen molar-refractivity contribution >= 4 is 5.91 Å². The van der Waals surface area contributed by atoms with Gasteiger partial charge in [-0.1, -0.05) is 0 Å². The number of carbonyl (C=O) groups is 1. The lowest BCUT2D eigenvalue weighted by Crippen LogP contribution is -2.24. The Balaban J connectivity index is 2.40. The molecule has 1 fully saturated rings. The SMILES string of the molecule is N#CCCC1(C(N)=O)CC1. The lowest BCUT2D eigenvalue weighted by Gasteiger charge is -2.05. The molecule has 0 atom stereocenters. The van der Waals surface area contributed by atoms with Gasteiger partial charge in [-0.05, 0) is 19.3 Å². The molecule has 10 heavy (non-hydrogen) atoms. The van der Waals surface area contributed by atoms with E-state index in [-0.39, 0.29) is 11.3 Å². The average molecular weight is 138 g/mol. The van der Waals surface area contributed by atoms with Crippen LogP contribution in [0, 0.1) is 16.7 Å². The predicted molar refractivity (Wildman–Crippen MR) is 35.7 cm³/mol. The van der Waals surface area contributed by atoms with Crippen LogP contribution in [0.2, 0.25) is 0 Å². The topological polar surface area (TPSA) is 66.9 Å². The number of nitrogens with zero attached hydrogens (tertiary/aromatic N) is 1. The number of nitriles is 1. The van der Waals surface area contributed by atoms with Crippen LogP contribution in [0.25, 0.3) is 0 Å². The molecule has 0 bridgehead atoms. The molecular weight excluding hydrogens is 128 g/mol. The molecule has 54 valence electrons. The second-order valence-corrected chi connectivity index (χ2v) is 2.80. The number of carbonyl (C=O) groups excluding carboxylic acids is 1. The Hall–Kier alpha value is -1.04. The van der Waals surface area contributed by atoms with E-state index in [2.05, 4.69) is 0 Å². The van der Waals surface area contributed by atoms with Gasteiger partial charge in [0.25, 0.3) is 0 Å². The van der Waals surface area contributed by atoms with E-state index in [0.717, 1.165) is 12.8 Å². The Morgan fingerprint density at radius 2 is 2.30 bits per heavy atom. The van der Waals surface area contributed by atoms with E-state index < -0.39 is 0 Å². The van der Waals surface area contributed by atoms with Gasteiger partial charge in [0.1, 0.15) is 0 Å². The summed E-state index contributed by atoms with van der Waals surface area (Å²) in [6.45, 7) is 0. The summed E-state index contributed by atoms with van der Waals surface area (Å²) < 4.78 is 0. The van der Waals surface area contributed by atoms with Gasteiger partial charge in [-0.15, -0.1) is 0 Å². The van der Waals surface area contributed by atoms with E-state index in [1.807, 2.05) is 6.07 Å². The molecule has 0 aliphatic heterocycles. The third kappa shape index (κ3) is 1.10. The molecule has 3 nitrogen and oxygen atoms in total. The molecule has 0 radical (unpaired) electrons. The van der Waals surface area contributed by atoms with Crippen LogP contribution in [0.15, 0.2) is 0 Å². The van der Waals surface area contributed by atoms with Gasteiger partial charge in [0.05, 0.1) is 11.5 Å². The largest absolute Gasteiger partial charge is 0.369 e. The van der Waals surface area contributed by atoms with E-state index in [9.17, 15) is 4.79 Å². The van der Waals surface area contributed by atoms with Gasteiger partial charge in [0.15, 0.2) is 0 Å². The van der Waals surface area contributed by atoms with Gasteiger partial charge in [-0.3, -0.25) is 4.79 Å². The highest BCUT2D eigenvalue weighted by Crippen LogP contribution is 2.49. The summed E-state index contributed by atoms with van der Waals surface area (Å²) >= 11 is 0. The lowest BCUT2D eigenvalue weighted by molar-refractivity contribution is -0.123. The normalized spacial score (nSPS) is 19.5. The maximum Gasteiger partial charge on any atom is 0.223 e. The molecule has 0 saturated heterocycles. The summed E-state index contributed by atoms with van der Waals surface area (Å²) in [7, 11) is 0. The highest BCUT2D eigenvalue weighted by Gasteiger charge is 2.47. The Labute approximate surface area is 59.8 Å². The smallest absolute Gasteiger partial charge is 0.223 e. The van der Waals surface area contributed by atoms with Gasteiger partial charge in [0.2, 0.25) is 5.91 Å². The molecule has 1 rings (SSSR count). The third-order valence-corrected chi connectivity index (χ3v) is 2.09. The molecular formula is C7H10N2O. The van der Waals surface area contributed by atoms with Gasteiger partial charge < -0.3 is 5.73 Å². The maximum absolute atomic E-state index is 10.7. The van der Waals surface area contributed by atoms with Crippen molar-refractivity contribution in [2.24, 2.45) is 11.1 Å². The summed E-state index contributed by atoms with van der Waals surface area (Å²) in [6.07, 6.45) is 2.86. The molecule has 2 N–H and O–H groups in total. The molecule has 1 aliphatic rings. The predicted octanol–water partition coefficient (Wildman–Crippen LogP) is 0.556. The zero-order valence-corrected chi connectivity index (χ0v) is 5.76. The van der Waals surface area contributed by atoms with Crippen LogP contribution in [-0.2, 0) is 4.79 Å². The molecule has 0 unspecified atom stereocenters. The quantitative estimate of drug-likeness (QED) is 0.619. The van der Waals surface area contributed by atoms with Crippen molar-refractivity contribution in [3.05, 3.63) is 0 Å². The van der Waals surface area contributed by atoms with E-state index >= 15 is 0 Å². The van der Waals surface area contributed by atoms with Crippen molar-refractivity contribution in [1.82, 2.24) is 0 Å². The number of nitrogens with two attached hydrogens (primary N) is 1. The zero-order valence-electron chi connectivity index (χ0n) is 5.76. The third-order valence-electron chi connectivity index (χ3n) is 2.09. The Bertz CT molecular complexity index is 188. The summed E-state index contributed by atoms with van der Waals surface area (Å²) in [6, 6.07) is 2.01. The van der Waals surface area contributed by atoms with Gasteiger partial charge >= 0.3 is 0 Å². The number of rotatable bonds is 3. The van der Waals surface area contributed by atoms with Gasteiger partial charge in [0, 0.05) is 6.42 Å². The molecule has 0 aromatic carbocycles. The Morgan fingerprint density at radius 1 is 1.70 bits per heavy atom. The van der Waals surface area contributed by atoms with Crippen LogP contribution in [-0.4, -0.2) is 5.91 Å². The molecule has 1 saturated carbocycles. The molecule has 1 aliphatic carbocycles. The van der Waals surface area contributed by atoms with Crippen molar-refractivity contribution in [2.45, 2.75) is 25.7 Å². The van der Waals surface area contributed by atoms with Crippen LogP contribution in [0.1, 0.15) is 25.7 Å². The second kappa shape index (κ2) is 2.30. The molecule has 0 aromatic heterocycles. The van der Waals surface area contributed by atoms with Crippen LogP contribution >= 0.6 is 0 Å². The maximum atomic E-state index is 10.7. The first-order chi connectivity index (χ1) is 4.71. The summed E-state index contributed by atoms with van der Waals surface area (Å²) in [4.78, 5) is 10.7. The monoisotopic (exact) mass is 138 g/mol. The zero-order chi connectivity index (χ0) is 7.61. The standard InChI is InChI=1S/C7H10N2O/c8-5-1-2-7(3-4-7)6(9)10/h1-4H2,(H2,9,10). The van der Waals surface area contributed by atoms with E-state index in [4.69, 9.17) is 11.0 Å². The number of amides is 1.